The Morgan fingerprint density at radius 1 is 1.44 bits per heavy atom. The highest BCUT2D eigenvalue weighted by Crippen LogP contribution is 2.44. The zero-order valence-electron chi connectivity index (χ0n) is 10.2. The molecule has 0 saturated heterocycles. The molecule has 1 atom stereocenters. The monoisotopic (exact) mass is 237 g/mol. The number of rotatable bonds is 5. The lowest BCUT2D eigenvalue weighted by Crippen LogP contribution is -2.39. The first-order valence-corrected chi connectivity index (χ1v) is 7.48. The first kappa shape index (κ1) is 12.1. The van der Waals surface area contributed by atoms with Crippen molar-refractivity contribution in [2.45, 2.75) is 57.9 Å². The van der Waals surface area contributed by atoms with E-state index < -0.39 is 0 Å². The van der Waals surface area contributed by atoms with Gasteiger partial charge in [-0.15, -0.1) is 0 Å². The van der Waals surface area contributed by atoms with Gasteiger partial charge >= 0.3 is 0 Å². The van der Waals surface area contributed by atoms with Crippen LogP contribution in [0.1, 0.15) is 51.0 Å². The fraction of sp³-hybridized carbons (Fsp3) is 0.714. The van der Waals surface area contributed by atoms with E-state index in [9.17, 15) is 0 Å². The number of nitrogens with two attached hydrogens (primary N) is 1. The Bertz CT molecular complexity index is 299. The number of hydrogen-bond acceptors (Lipinski definition) is 2. The van der Waals surface area contributed by atoms with E-state index in [2.05, 4.69) is 23.8 Å². The summed E-state index contributed by atoms with van der Waals surface area (Å²) in [6.07, 6.45) is 9.07. The van der Waals surface area contributed by atoms with Gasteiger partial charge in [0.2, 0.25) is 0 Å². The van der Waals surface area contributed by atoms with Gasteiger partial charge in [0.25, 0.3) is 0 Å². The zero-order chi connectivity index (χ0) is 11.4. The quantitative estimate of drug-likeness (QED) is 0.823. The Hall–Kier alpha value is -0.340. The average molecular weight is 237 g/mol. The van der Waals surface area contributed by atoms with E-state index >= 15 is 0 Å². The minimum atomic E-state index is 0.403. The summed E-state index contributed by atoms with van der Waals surface area (Å²) in [7, 11) is 0. The molecule has 1 aromatic rings. The number of thiophene rings is 1. The van der Waals surface area contributed by atoms with Gasteiger partial charge in [-0.2, -0.15) is 11.3 Å². The van der Waals surface area contributed by atoms with Crippen molar-refractivity contribution in [2.75, 3.05) is 0 Å². The molecule has 16 heavy (non-hydrogen) atoms. The lowest BCUT2D eigenvalue weighted by atomic mass is 9.75. The third-order valence-electron chi connectivity index (χ3n) is 4.41. The van der Waals surface area contributed by atoms with E-state index in [1.807, 2.05) is 0 Å². The van der Waals surface area contributed by atoms with E-state index in [1.165, 1.54) is 37.7 Å². The minimum Gasteiger partial charge on any atom is -0.327 e. The van der Waals surface area contributed by atoms with Crippen LogP contribution >= 0.6 is 11.3 Å². The maximum Gasteiger partial charge on any atom is 0.00986 e. The summed E-state index contributed by atoms with van der Waals surface area (Å²) in [5.41, 5.74) is 8.38. The van der Waals surface area contributed by atoms with Crippen LogP contribution in [0, 0.1) is 5.41 Å². The van der Waals surface area contributed by atoms with Crippen molar-refractivity contribution < 1.29 is 0 Å². The molecule has 1 aromatic heterocycles. The second-order valence-electron chi connectivity index (χ2n) is 5.20. The van der Waals surface area contributed by atoms with Crippen LogP contribution in [0.4, 0.5) is 0 Å². The summed E-state index contributed by atoms with van der Waals surface area (Å²) in [6, 6.07) is 2.63. The molecular weight excluding hydrogens is 214 g/mol. The molecule has 0 amide bonds. The molecular formula is C14H23NS. The van der Waals surface area contributed by atoms with E-state index in [0.29, 0.717) is 11.5 Å². The second-order valence-corrected chi connectivity index (χ2v) is 5.98. The predicted octanol–water partition coefficient (Wildman–Crippen LogP) is 3.98. The van der Waals surface area contributed by atoms with Gasteiger partial charge in [-0.25, -0.2) is 0 Å². The molecule has 2 heteroatoms. The van der Waals surface area contributed by atoms with Crippen LogP contribution < -0.4 is 5.73 Å². The molecule has 1 fully saturated rings. The van der Waals surface area contributed by atoms with Gasteiger partial charge in [-0.3, -0.25) is 0 Å². The van der Waals surface area contributed by atoms with Crippen molar-refractivity contribution in [1.82, 2.24) is 0 Å². The van der Waals surface area contributed by atoms with Crippen molar-refractivity contribution >= 4 is 11.3 Å². The third kappa shape index (κ3) is 2.49. The molecule has 1 unspecified atom stereocenters. The van der Waals surface area contributed by atoms with Crippen LogP contribution in [0.3, 0.4) is 0 Å². The highest BCUT2D eigenvalue weighted by molar-refractivity contribution is 7.07. The molecule has 0 radical (unpaired) electrons. The minimum absolute atomic E-state index is 0.403. The van der Waals surface area contributed by atoms with Gasteiger partial charge in [-0.1, -0.05) is 19.8 Å². The first-order valence-electron chi connectivity index (χ1n) is 6.53. The lowest BCUT2D eigenvalue weighted by Gasteiger charge is -2.34. The largest absolute Gasteiger partial charge is 0.327 e. The van der Waals surface area contributed by atoms with Gasteiger partial charge < -0.3 is 5.73 Å². The zero-order valence-corrected chi connectivity index (χ0v) is 11.1. The fourth-order valence-corrected chi connectivity index (χ4v) is 3.83. The average Bonchev–Trinajstić information content (AvgIpc) is 2.97. The molecule has 0 spiro atoms. The molecule has 90 valence electrons. The molecule has 2 N–H and O–H groups in total. The van der Waals surface area contributed by atoms with E-state index in [0.717, 1.165) is 12.8 Å². The van der Waals surface area contributed by atoms with Crippen molar-refractivity contribution in [1.29, 1.82) is 0 Å². The van der Waals surface area contributed by atoms with E-state index in [1.54, 1.807) is 11.3 Å². The Labute approximate surface area is 103 Å². The topological polar surface area (TPSA) is 26.0 Å². The summed E-state index contributed by atoms with van der Waals surface area (Å²) in [5, 5.41) is 4.41. The normalized spacial score (nSPS) is 21.1. The molecule has 0 aliphatic heterocycles. The third-order valence-corrected chi connectivity index (χ3v) is 5.15. The van der Waals surface area contributed by atoms with Crippen molar-refractivity contribution in [2.24, 2.45) is 11.1 Å². The number of hydrogen-bond donors (Lipinski definition) is 1. The second kappa shape index (κ2) is 5.33. The van der Waals surface area contributed by atoms with Crippen LogP contribution in [-0.2, 0) is 6.42 Å². The maximum absolute atomic E-state index is 6.44. The lowest BCUT2D eigenvalue weighted by molar-refractivity contribution is 0.211. The Balaban J connectivity index is 1.89. The Kier molecular flexibility index (Phi) is 4.04. The van der Waals surface area contributed by atoms with Gasteiger partial charge in [0.1, 0.15) is 0 Å². The smallest absolute Gasteiger partial charge is 0.00986 e. The maximum atomic E-state index is 6.44. The SMILES string of the molecule is CCC1(C(N)CCc2ccsc2)CCCC1. The van der Waals surface area contributed by atoms with Crippen molar-refractivity contribution in [3.63, 3.8) is 0 Å². The highest BCUT2D eigenvalue weighted by Gasteiger charge is 2.37. The van der Waals surface area contributed by atoms with Crippen LogP contribution in [0.2, 0.25) is 0 Å². The summed E-state index contributed by atoms with van der Waals surface area (Å²) < 4.78 is 0. The van der Waals surface area contributed by atoms with Crippen LogP contribution in [0.5, 0.6) is 0 Å². The summed E-state index contributed by atoms with van der Waals surface area (Å²) in [5.74, 6) is 0. The summed E-state index contributed by atoms with van der Waals surface area (Å²) >= 11 is 1.79. The van der Waals surface area contributed by atoms with E-state index in [-0.39, 0.29) is 0 Å². The molecule has 1 aliphatic carbocycles. The highest BCUT2D eigenvalue weighted by atomic mass is 32.1. The molecule has 1 heterocycles. The summed E-state index contributed by atoms with van der Waals surface area (Å²) in [4.78, 5) is 0. The fourth-order valence-electron chi connectivity index (χ4n) is 3.13. The van der Waals surface area contributed by atoms with Crippen molar-refractivity contribution in [3.05, 3.63) is 22.4 Å². The molecule has 0 aromatic carbocycles. The van der Waals surface area contributed by atoms with Crippen LogP contribution in [-0.4, -0.2) is 6.04 Å². The van der Waals surface area contributed by atoms with Gasteiger partial charge in [0.15, 0.2) is 0 Å². The Morgan fingerprint density at radius 2 is 2.19 bits per heavy atom. The Morgan fingerprint density at radius 3 is 2.75 bits per heavy atom. The molecule has 2 rings (SSSR count). The van der Waals surface area contributed by atoms with Crippen LogP contribution in [0.25, 0.3) is 0 Å². The van der Waals surface area contributed by atoms with E-state index in [4.69, 9.17) is 5.73 Å². The predicted molar refractivity (Wildman–Crippen MR) is 71.8 cm³/mol. The molecule has 1 aliphatic rings. The van der Waals surface area contributed by atoms with Gasteiger partial charge in [0.05, 0.1) is 0 Å². The first-order chi connectivity index (χ1) is 7.77. The molecule has 1 saturated carbocycles. The standard InChI is InChI=1S/C14H23NS/c1-2-14(8-3-4-9-14)13(15)6-5-12-7-10-16-11-12/h7,10-11,13H,2-6,8-9,15H2,1H3. The molecule has 1 nitrogen and oxygen atoms in total. The van der Waals surface area contributed by atoms with Gasteiger partial charge in [-0.05, 0) is 59.9 Å². The number of aryl methyl sites for hydroxylation is 1. The van der Waals surface area contributed by atoms with Crippen LogP contribution in [0.15, 0.2) is 16.8 Å². The summed E-state index contributed by atoms with van der Waals surface area (Å²) in [6.45, 7) is 2.32. The van der Waals surface area contributed by atoms with Crippen molar-refractivity contribution in [3.8, 4) is 0 Å². The molecule has 0 bridgehead atoms. The van der Waals surface area contributed by atoms with Gasteiger partial charge in [0, 0.05) is 6.04 Å².